The Hall–Kier alpha value is -0.870. The van der Waals surface area contributed by atoms with E-state index in [2.05, 4.69) is 23.9 Å². The largest absolute Gasteiger partial charge is 0.466 e. The van der Waals surface area contributed by atoms with E-state index in [1.54, 1.807) is 0 Å². The first kappa shape index (κ1) is 15.2. The molecule has 0 spiro atoms. The summed E-state index contributed by atoms with van der Waals surface area (Å²) in [5.74, 6) is -0.205. The molecule has 104 valence electrons. The standard InChI is InChI=1S/C14H26N2O2/c1-5-12(14(17)18-4)8-10-15(2)11-13-7-6-9-16(13)3/h8,13H,5-7,9-11H2,1-4H3. The quantitative estimate of drug-likeness (QED) is 0.531. The van der Waals surface area contributed by atoms with Gasteiger partial charge in [0.2, 0.25) is 0 Å². The van der Waals surface area contributed by atoms with E-state index in [9.17, 15) is 4.79 Å². The van der Waals surface area contributed by atoms with E-state index in [1.165, 1.54) is 26.5 Å². The first-order valence-electron chi connectivity index (χ1n) is 6.74. The highest BCUT2D eigenvalue weighted by molar-refractivity contribution is 5.88. The van der Waals surface area contributed by atoms with E-state index >= 15 is 0 Å². The van der Waals surface area contributed by atoms with Crippen LogP contribution >= 0.6 is 0 Å². The van der Waals surface area contributed by atoms with Gasteiger partial charge in [-0.1, -0.05) is 13.0 Å². The number of hydrogen-bond acceptors (Lipinski definition) is 4. The Labute approximate surface area is 111 Å². The highest BCUT2D eigenvalue weighted by Crippen LogP contribution is 2.15. The molecule has 0 saturated carbocycles. The first-order chi connectivity index (χ1) is 8.58. The number of likely N-dealkylation sites (N-methyl/N-ethyl adjacent to an activating group) is 2. The van der Waals surface area contributed by atoms with E-state index in [0.29, 0.717) is 6.04 Å². The molecule has 0 bridgehead atoms. The third-order valence-corrected chi connectivity index (χ3v) is 3.67. The van der Waals surface area contributed by atoms with E-state index in [4.69, 9.17) is 4.74 Å². The molecule has 1 heterocycles. The maximum absolute atomic E-state index is 11.4. The number of carbonyl (C=O) groups excluding carboxylic acids is 1. The summed E-state index contributed by atoms with van der Waals surface area (Å²) in [6.07, 6.45) is 5.29. The predicted molar refractivity (Wildman–Crippen MR) is 73.5 cm³/mol. The SMILES string of the molecule is CCC(=CCN(C)CC1CCCN1C)C(=O)OC. The molecule has 0 radical (unpaired) electrons. The lowest BCUT2D eigenvalue weighted by Crippen LogP contribution is -2.36. The zero-order valence-corrected chi connectivity index (χ0v) is 12.1. The Morgan fingerprint density at radius 3 is 2.78 bits per heavy atom. The lowest BCUT2D eigenvalue weighted by atomic mass is 10.2. The van der Waals surface area contributed by atoms with Gasteiger partial charge in [-0.15, -0.1) is 0 Å². The molecule has 0 aromatic carbocycles. The fourth-order valence-electron chi connectivity index (χ4n) is 2.41. The van der Waals surface area contributed by atoms with Crippen molar-refractivity contribution in [3.63, 3.8) is 0 Å². The summed E-state index contributed by atoms with van der Waals surface area (Å²) < 4.78 is 4.75. The van der Waals surface area contributed by atoms with Gasteiger partial charge in [-0.3, -0.25) is 0 Å². The Morgan fingerprint density at radius 2 is 2.28 bits per heavy atom. The van der Waals surface area contributed by atoms with Gasteiger partial charge in [-0.2, -0.15) is 0 Å². The highest BCUT2D eigenvalue weighted by atomic mass is 16.5. The number of nitrogens with zero attached hydrogens (tertiary/aromatic N) is 2. The van der Waals surface area contributed by atoms with Crippen LogP contribution in [0, 0.1) is 0 Å². The second kappa shape index (κ2) is 7.54. The molecule has 1 fully saturated rings. The first-order valence-corrected chi connectivity index (χ1v) is 6.74. The highest BCUT2D eigenvalue weighted by Gasteiger charge is 2.21. The zero-order valence-electron chi connectivity index (χ0n) is 12.1. The lowest BCUT2D eigenvalue weighted by Gasteiger charge is -2.25. The van der Waals surface area contributed by atoms with Crippen LogP contribution in [0.4, 0.5) is 0 Å². The summed E-state index contributed by atoms with van der Waals surface area (Å²) in [5, 5.41) is 0. The van der Waals surface area contributed by atoms with Gasteiger partial charge in [0.15, 0.2) is 0 Å². The van der Waals surface area contributed by atoms with Gasteiger partial charge < -0.3 is 14.5 Å². The second-order valence-corrected chi connectivity index (χ2v) is 5.07. The minimum Gasteiger partial charge on any atom is -0.466 e. The topological polar surface area (TPSA) is 32.8 Å². The molecule has 0 amide bonds. The van der Waals surface area contributed by atoms with Crippen molar-refractivity contribution in [3.8, 4) is 0 Å². The summed E-state index contributed by atoms with van der Waals surface area (Å²) in [4.78, 5) is 16.1. The van der Waals surface area contributed by atoms with Crippen molar-refractivity contribution in [1.82, 2.24) is 9.80 Å². The molecule has 1 unspecified atom stereocenters. The van der Waals surface area contributed by atoms with Crippen LogP contribution in [-0.4, -0.2) is 62.7 Å². The van der Waals surface area contributed by atoms with Crippen LogP contribution in [0.25, 0.3) is 0 Å². The maximum atomic E-state index is 11.4. The van der Waals surface area contributed by atoms with Crippen LogP contribution in [0.5, 0.6) is 0 Å². The number of rotatable bonds is 6. The monoisotopic (exact) mass is 254 g/mol. The fourth-order valence-corrected chi connectivity index (χ4v) is 2.41. The Morgan fingerprint density at radius 1 is 1.56 bits per heavy atom. The Kier molecular flexibility index (Phi) is 6.36. The van der Waals surface area contributed by atoms with Crippen LogP contribution in [0.15, 0.2) is 11.6 Å². The minimum absolute atomic E-state index is 0.205. The molecule has 0 N–H and O–H groups in total. The molecular weight excluding hydrogens is 228 g/mol. The lowest BCUT2D eigenvalue weighted by molar-refractivity contribution is -0.136. The number of carbonyl (C=O) groups is 1. The molecule has 1 saturated heterocycles. The molecule has 1 aliphatic heterocycles. The predicted octanol–water partition coefficient (Wildman–Crippen LogP) is 1.52. The minimum atomic E-state index is -0.205. The van der Waals surface area contributed by atoms with Gasteiger partial charge in [0, 0.05) is 24.7 Å². The summed E-state index contributed by atoms with van der Waals surface area (Å²) in [5.41, 5.74) is 0.768. The average molecular weight is 254 g/mol. The van der Waals surface area contributed by atoms with Crippen LogP contribution in [-0.2, 0) is 9.53 Å². The normalized spacial score (nSPS) is 21.6. The maximum Gasteiger partial charge on any atom is 0.333 e. The average Bonchev–Trinajstić information content (AvgIpc) is 2.75. The molecule has 18 heavy (non-hydrogen) atoms. The Balaban J connectivity index is 2.41. The fraction of sp³-hybridized carbons (Fsp3) is 0.786. The molecule has 0 aromatic rings. The molecule has 4 heteroatoms. The van der Waals surface area contributed by atoms with Gasteiger partial charge in [0.25, 0.3) is 0 Å². The van der Waals surface area contributed by atoms with Crippen LogP contribution in [0.2, 0.25) is 0 Å². The van der Waals surface area contributed by atoms with Gasteiger partial charge in [0.1, 0.15) is 0 Å². The number of esters is 1. The van der Waals surface area contributed by atoms with Crippen LogP contribution in [0.1, 0.15) is 26.2 Å². The van der Waals surface area contributed by atoms with Gasteiger partial charge in [-0.05, 0) is 39.9 Å². The molecule has 0 aromatic heterocycles. The zero-order chi connectivity index (χ0) is 13.5. The summed E-state index contributed by atoms with van der Waals surface area (Å²) in [6, 6.07) is 0.659. The number of hydrogen-bond donors (Lipinski definition) is 0. The molecule has 4 nitrogen and oxygen atoms in total. The molecule has 1 rings (SSSR count). The van der Waals surface area contributed by atoms with E-state index in [-0.39, 0.29) is 5.97 Å². The van der Waals surface area contributed by atoms with Gasteiger partial charge in [-0.25, -0.2) is 4.79 Å². The van der Waals surface area contributed by atoms with Gasteiger partial charge in [0.05, 0.1) is 7.11 Å². The second-order valence-electron chi connectivity index (χ2n) is 5.07. The van der Waals surface area contributed by atoms with Gasteiger partial charge >= 0.3 is 5.97 Å². The molecular formula is C14H26N2O2. The third kappa shape index (κ3) is 4.42. The number of ether oxygens (including phenoxy) is 1. The summed E-state index contributed by atoms with van der Waals surface area (Å²) in [6.45, 7) is 5.05. The summed E-state index contributed by atoms with van der Waals surface area (Å²) in [7, 11) is 5.73. The summed E-state index contributed by atoms with van der Waals surface area (Å²) >= 11 is 0. The van der Waals surface area contributed by atoms with Crippen molar-refractivity contribution in [2.24, 2.45) is 0 Å². The van der Waals surface area contributed by atoms with Crippen molar-refractivity contribution < 1.29 is 9.53 Å². The number of methoxy groups -OCH3 is 1. The number of likely N-dealkylation sites (tertiary alicyclic amines) is 1. The van der Waals surface area contributed by atoms with Crippen LogP contribution in [0.3, 0.4) is 0 Å². The smallest absolute Gasteiger partial charge is 0.333 e. The van der Waals surface area contributed by atoms with E-state index in [1.807, 2.05) is 13.0 Å². The van der Waals surface area contributed by atoms with Crippen molar-refractivity contribution >= 4 is 5.97 Å². The third-order valence-electron chi connectivity index (χ3n) is 3.67. The molecule has 1 atom stereocenters. The van der Waals surface area contributed by atoms with Crippen molar-refractivity contribution in [2.75, 3.05) is 40.8 Å². The van der Waals surface area contributed by atoms with Crippen LogP contribution < -0.4 is 0 Å². The van der Waals surface area contributed by atoms with Crippen molar-refractivity contribution in [1.29, 1.82) is 0 Å². The molecule has 1 aliphatic rings. The Bertz CT molecular complexity index is 302. The van der Waals surface area contributed by atoms with E-state index < -0.39 is 0 Å². The van der Waals surface area contributed by atoms with Crippen molar-refractivity contribution in [3.05, 3.63) is 11.6 Å². The molecule has 0 aliphatic carbocycles. The van der Waals surface area contributed by atoms with Crippen molar-refractivity contribution in [2.45, 2.75) is 32.2 Å². The van der Waals surface area contributed by atoms with E-state index in [0.717, 1.165) is 25.1 Å².